The van der Waals surface area contributed by atoms with Crippen molar-refractivity contribution in [2.45, 2.75) is 20.8 Å². The summed E-state index contributed by atoms with van der Waals surface area (Å²) in [7, 11) is 3.13. The topological polar surface area (TPSA) is 62.8 Å². The molecule has 6 heteroatoms. The van der Waals surface area contributed by atoms with Gasteiger partial charge in [0.2, 0.25) is 0 Å². The Morgan fingerprint density at radius 2 is 1.65 bits per heavy atom. The van der Waals surface area contributed by atoms with Crippen molar-refractivity contribution < 1.29 is 14.3 Å². The molecule has 0 fully saturated rings. The first-order chi connectivity index (χ1) is 12.5. The molecule has 0 atom stereocenters. The molecule has 0 bridgehead atoms. The summed E-state index contributed by atoms with van der Waals surface area (Å²) in [6, 6.07) is 10.9. The van der Waals surface area contributed by atoms with Crippen molar-refractivity contribution in [2.75, 3.05) is 42.8 Å². The number of benzene rings is 2. The Hall–Kier alpha value is -2.89. The lowest BCUT2D eigenvalue weighted by molar-refractivity contribution is 0.262. The normalized spacial score (nSPS) is 10.2. The zero-order valence-electron chi connectivity index (χ0n) is 16.1. The molecule has 0 aromatic heterocycles. The second kappa shape index (κ2) is 8.99. The van der Waals surface area contributed by atoms with Crippen LogP contribution in [0, 0.1) is 6.92 Å². The zero-order valence-corrected chi connectivity index (χ0v) is 16.1. The molecular weight excluding hydrogens is 330 g/mol. The molecule has 26 heavy (non-hydrogen) atoms. The lowest BCUT2D eigenvalue weighted by Crippen LogP contribution is -2.22. The summed E-state index contributed by atoms with van der Waals surface area (Å²) in [5.74, 6) is 1.17. The Morgan fingerprint density at radius 1 is 0.962 bits per heavy atom. The third-order valence-corrected chi connectivity index (χ3v) is 4.23. The average molecular weight is 357 g/mol. The lowest BCUT2D eigenvalue weighted by atomic mass is 10.1. The number of hydrogen-bond donors (Lipinski definition) is 2. The molecule has 140 valence electrons. The van der Waals surface area contributed by atoms with Crippen LogP contribution < -0.4 is 25.0 Å². The van der Waals surface area contributed by atoms with Crippen LogP contribution in [0.15, 0.2) is 36.4 Å². The van der Waals surface area contributed by atoms with Gasteiger partial charge in [0.1, 0.15) is 0 Å². The Morgan fingerprint density at radius 3 is 2.23 bits per heavy atom. The van der Waals surface area contributed by atoms with Crippen molar-refractivity contribution in [3.05, 3.63) is 42.0 Å². The predicted molar refractivity (Wildman–Crippen MR) is 107 cm³/mol. The highest BCUT2D eigenvalue weighted by Gasteiger charge is 2.10. The van der Waals surface area contributed by atoms with E-state index in [4.69, 9.17) is 9.47 Å². The van der Waals surface area contributed by atoms with Gasteiger partial charge in [-0.05, 0) is 56.7 Å². The molecule has 6 nitrogen and oxygen atoms in total. The van der Waals surface area contributed by atoms with Crippen molar-refractivity contribution >= 4 is 23.1 Å². The van der Waals surface area contributed by atoms with Crippen LogP contribution in [0.4, 0.5) is 21.9 Å². The molecule has 0 saturated carbocycles. The standard InChI is InChI=1S/C20H27N3O3/c1-6-23(7-2)16-9-10-17(14(3)12-16)22-20(24)21-15-8-11-18(25-4)19(13-15)26-5/h8-13H,6-7H2,1-5H3,(H2,21,22,24). The first-order valence-corrected chi connectivity index (χ1v) is 8.68. The van der Waals surface area contributed by atoms with E-state index in [0.29, 0.717) is 17.2 Å². The minimum absolute atomic E-state index is 0.309. The molecule has 0 heterocycles. The van der Waals surface area contributed by atoms with Crippen LogP contribution in [-0.2, 0) is 0 Å². The highest BCUT2D eigenvalue weighted by Crippen LogP contribution is 2.30. The van der Waals surface area contributed by atoms with Crippen LogP contribution in [-0.4, -0.2) is 33.3 Å². The number of aryl methyl sites for hydroxylation is 1. The fraction of sp³-hybridized carbons (Fsp3) is 0.350. The molecule has 0 spiro atoms. The number of nitrogens with one attached hydrogen (secondary N) is 2. The molecule has 2 N–H and O–H groups in total. The zero-order chi connectivity index (χ0) is 19.1. The van der Waals surface area contributed by atoms with E-state index in [1.165, 1.54) is 0 Å². The number of nitrogens with zero attached hydrogens (tertiary/aromatic N) is 1. The van der Waals surface area contributed by atoms with E-state index >= 15 is 0 Å². The molecule has 0 saturated heterocycles. The first-order valence-electron chi connectivity index (χ1n) is 8.68. The fourth-order valence-corrected chi connectivity index (χ4v) is 2.77. The third-order valence-electron chi connectivity index (χ3n) is 4.23. The summed E-state index contributed by atoms with van der Waals surface area (Å²) in [6.45, 7) is 8.13. The van der Waals surface area contributed by atoms with Crippen molar-refractivity contribution in [1.29, 1.82) is 0 Å². The number of carbonyl (C=O) groups is 1. The monoisotopic (exact) mass is 357 g/mol. The van der Waals surface area contributed by atoms with Gasteiger partial charge in [0, 0.05) is 36.2 Å². The van der Waals surface area contributed by atoms with Crippen molar-refractivity contribution in [3.63, 3.8) is 0 Å². The van der Waals surface area contributed by atoms with Gasteiger partial charge in [-0.2, -0.15) is 0 Å². The largest absolute Gasteiger partial charge is 0.493 e. The summed E-state index contributed by atoms with van der Waals surface area (Å²) >= 11 is 0. The second-order valence-corrected chi connectivity index (χ2v) is 5.82. The van der Waals surface area contributed by atoms with Crippen LogP contribution >= 0.6 is 0 Å². The summed E-state index contributed by atoms with van der Waals surface area (Å²) in [5.41, 5.74) is 3.56. The third kappa shape index (κ3) is 4.59. The molecule has 2 amide bonds. The molecule has 2 aromatic rings. The summed E-state index contributed by atoms with van der Waals surface area (Å²) < 4.78 is 10.5. The number of ether oxygens (including phenoxy) is 2. The molecule has 2 rings (SSSR count). The molecule has 2 aromatic carbocycles. The smallest absolute Gasteiger partial charge is 0.323 e. The summed E-state index contributed by atoms with van der Waals surface area (Å²) in [4.78, 5) is 14.6. The highest BCUT2D eigenvalue weighted by molar-refractivity contribution is 6.00. The fourth-order valence-electron chi connectivity index (χ4n) is 2.77. The van der Waals surface area contributed by atoms with Crippen molar-refractivity contribution in [3.8, 4) is 11.5 Å². The van der Waals surface area contributed by atoms with E-state index in [0.717, 1.165) is 30.0 Å². The quantitative estimate of drug-likeness (QED) is 0.766. The van der Waals surface area contributed by atoms with E-state index in [9.17, 15) is 4.79 Å². The Kier molecular flexibility index (Phi) is 6.72. The second-order valence-electron chi connectivity index (χ2n) is 5.82. The predicted octanol–water partition coefficient (Wildman–Crippen LogP) is 4.50. The summed E-state index contributed by atoms with van der Waals surface area (Å²) in [5, 5.41) is 5.69. The van der Waals surface area contributed by atoms with Crippen LogP contribution in [0.1, 0.15) is 19.4 Å². The number of rotatable bonds is 7. The number of methoxy groups -OCH3 is 2. The number of carbonyl (C=O) groups excluding carboxylic acids is 1. The highest BCUT2D eigenvalue weighted by atomic mass is 16.5. The number of hydrogen-bond acceptors (Lipinski definition) is 4. The van der Waals surface area contributed by atoms with E-state index in [2.05, 4.69) is 35.4 Å². The van der Waals surface area contributed by atoms with Crippen LogP contribution in [0.25, 0.3) is 0 Å². The molecule has 0 aliphatic rings. The van der Waals surface area contributed by atoms with Gasteiger partial charge in [-0.25, -0.2) is 4.79 Å². The van der Waals surface area contributed by atoms with E-state index in [1.807, 2.05) is 19.1 Å². The van der Waals surface area contributed by atoms with E-state index in [1.54, 1.807) is 32.4 Å². The van der Waals surface area contributed by atoms with Gasteiger partial charge in [0.15, 0.2) is 11.5 Å². The lowest BCUT2D eigenvalue weighted by Gasteiger charge is -2.22. The SMILES string of the molecule is CCN(CC)c1ccc(NC(=O)Nc2ccc(OC)c(OC)c2)c(C)c1. The maximum Gasteiger partial charge on any atom is 0.323 e. The van der Waals surface area contributed by atoms with Crippen LogP contribution in [0.2, 0.25) is 0 Å². The Labute approximate surface area is 155 Å². The van der Waals surface area contributed by atoms with Gasteiger partial charge in [0.05, 0.1) is 14.2 Å². The Balaban J connectivity index is 2.08. The Bertz CT molecular complexity index is 758. The molecule has 0 aliphatic heterocycles. The molecule has 0 aliphatic carbocycles. The number of urea groups is 1. The van der Waals surface area contributed by atoms with Gasteiger partial charge in [-0.15, -0.1) is 0 Å². The van der Waals surface area contributed by atoms with Gasteiger partial charge < -0.3 is 25.0 Å². The molecule has 0 radical (unpaired) electrons. The maximum atomic E-state index is 12.3. The van der Waals surface area contributed by atoms with Crippen molar-refractivity contribution in [2.24, 2.45) is 0 Å². The van der Waals surface area contributed by atoms with Gasteiger partial charge in [-0.1, -0.05) is 0 Å². The summed E-state index contributed by atoms with van der Waals surface area (Å²) in [6.07, 6.45) is 0. The molecule has 0 unspecified atom stereocenters. The average Bonchev–Trinajstić information content (AvgIpc) is 2.64. The van der Waals surface area contributed by atoms with Crippen molar-refractivity contribution in [1.82, 2.24) is 0 Å². The molecular formula is C20H27N3O3. The van der Waals surface area contributed by atoms with Gasteiger partial charge in [-0.3, -0.25) is 0 Å². The number of anilines is 3. The minimum atomic E-state index is -0.309. The first kappa shape index (κ1) is 19.4. The van der Waals surface area contributed by atoms with E-state index < -0.39 is 0 Å². The van der Waals surface area contributed by atoms with Gasteiger partial charge >= 0.3 is 6.03 Å². The van der Waals surface area contributed by atoms with Crippen LogP contribution in [0.5, 0.6) is 11.5 Å². The maximum absolute atomic E-state index is 12.3. The van der Waals surface area contributed by atoms with Crippen LogP contribution in [0.3, 0.4) is 0 Å². The number of amides is 2. The minimum Gasteiger partial charge on any atom is -0.493 e. The van der Waals surface area contributed by atoms with E-state index in [-0.39, 0.29) is 6.03 Å². The van der Waals surface area contributed by atoms with Gasteiger partial charge in [0.25, 0.3) is 0 Å².